The summed E-state index contributed by atoms with van der Waals surface area (Å²) in [6.45, 7) is 6.49. The average Bonchev–Trinajstić information content (AvgIpc) is 3.41. The number of carbonyl (C=O) groups is 3. The number of hydrogen-bond acceptors (Lipinski definition) is 6. The molecular weight excluding hydrogens is 925 g/mol. The van der Waals surface area contributed by atoms with Crippen LogP contribution in [0.15, 0.2) is 60.8 Å². The number of hydrogen-bond donors (Lipinski definition) is 0. The minimum atomic E-state index is -0.773. The number of esters is 3. The number of unbranched alkanes of at least 4 members (excludes halogenated alkanes) is 39. The van der Waals surface area contributed by atoms with E-state index in [1.54, 1.807) is 0 Å². The van der Waals surface area contributed by atoms with Crippen LogP contribution in [-0.2, 0) is 28.6 Å². The quantitative estimate of drug-likeness (QED) is 0.0261. The summed E-state index contributed by atoms with van der Waals surface area (Å²) in [5.41, 5.74) is 0. The molecule has 0 aliphatic carbocycles. The normalized spacial score (nSPS) is 12.4. The fraction of sp³-hybridized carbons (Fsp3) is 0.812. The van der Waals surface area contributed by atoms with E-state index in [0.29, 0.717) is 19.3 Å². The third-order valence-electron chi connectivity index (χ3n) is 14.5. The minimum absolute atomic E-state index is 0.0732. The third-order valence-corrected chi connectivity index (χ3v) is 14.5. The Bertz CT molecular complexity index is 1340. The van der Waals surface area contributed by atoms with Crippen LogP contribution < -0.4 is 0 Å². The predicted octanol–water partition coefficient (Wildman–Crippen LogP) is 22.3. The minimum Gasteiger partial charge on any atom is -0.462 e. The van der Waals surface area contributed by atoms with E-state index in [2.05, 4.69) is 81.5 Å². The van der Waals surface area contributed by atoms with Gasteiger partial charge in [-0.2, -0.15) is 0 Å². The van der Waals surface area contributed by atoms with Crippen LogP contribution in [0.2, 0.25) is 0 Å². The Morgan fingerprint density at radius 2 is 0.520 bits per heavy atom. The molecule has 0 aromatic heterocycles. The molecule has 0 aromatic carbocycles. The van der Waals surface area contributed by atoms with E-state index in [-0.39, 0.29) is 31.1 Å². The van der Waals surface area contributed by atoms with Crippen molar-refractivity contribution in [1.29, 1.82) is 0 Å². The highest BCUT2D eigenvalue weighted by Gasteiger charge is 2.19. The Balaban J connectivity index is 4.00. The topological polar surface area (TPSA) is 78.9 Å². The van der Waals surface area contributed by atoms with E-state index < -0.39 is 6.10 Å². The van der Waals surface area contributed by atoms with Crippen LogP contribution in [0.25, 0.3) is 0 Å². The standard InChI is InChI=1S/C69H124O6/c1-4-7-10-13-15-17-19-21-23-25-27-29-31-33-34-36-37-39-41-43-45-47-49-51-53-56-59-62-68(71)74-65-66(64-73-67(70)61-58-55-12-9-6-3)75-69(72)63-60-57-54-52-50-48-46-44-42-40-38-35-32-30-28-26-24-22-20-18-16-14-11-8-5-2/h8,11,16,18,22,24,28,30,35,38,66H,4-7,9-10,12-15,17,19-21,23,25-27,29,31-34,36-37,39-65H2,1-3H3/b11-8-,18-16-,24-22-,30-28-,38-35-. The SMILES string of the molecule is CC/C=C\C/C=C\C/C=C\C/C=C\C/C=C\CCCCCCCCCCCC(=O)OC(COC(=O)CCCCCCC)COC(=O)CCCCCCCCCCCCCCCCCCCCCCCCCCCCC. The molecule has 1 unspecified atom stereocenters. The monoisotopic (exact) mass is 1050 g/mol. The highest BCUT2D eigenvalue weighted by atomic mass is 16.6. The number of ether oxygens (including phenoxy) is 3. The predicted molar refractivity (Wildman–Crippen MR) is 325 cm³/mol. The third kappa shape index (κ3) is 61.8. The molecule has 0 heterocycles. The van der Waals surface area contributed by atoms with Gasteiger partial charge in [-0.25, -0.2) is 0 Å². The first-order valence-electron chi connectivity index (χ1n) is 32.8. The second-order valence-electron chi connectivity index (χ2n) is 22.0. The van der Waals surface area contributed by atoms with Gasteiger partial charge in [-0.3, -0.25) is 14.4 Å². The van der Waals surface area contributed by atoms with Crippen LogP contribution in [0.3, 0.4) is 0 Å². The fourth-order valence-corrected chi connectivity index (χ4v) is 9.65. The molecule has 0 bridgehead atoms. The molecule has 436 valence electrons. The van der Waals surface area contributed by atoms with Gasteiger partial charge in [0.2, 0.25) is 0 Å². The average molecular weight is 1050 g/mol. The van der Waals surface area contributed by atoms with Crippen molar-refractivity contribution >= 4 is 17.9 Å². The summed E-state index contributed by atoms with van der Waals surface area (Å²) in [6.07, 6.45) is 81.5. The molecule has 0 radical (unpaired) electrons. The Hall–Kier alpha value is -2.89. The fourth-order valence-electron chi connectivity index (χ4n) is 9.65. The van der Waals surface area contributed by atoms with E-state index in [1.807, 2.05) is 0 Å². The van der Waals surface area contributed by atoms with Gasteiger partial charge in [0.15, 0.2) is 6.10 Å². The molecule has 0 spiro atoms. The molecule has 0 aliphatic heterocycles. The Kier molecular flexibility index (Phi) is 61.2. The van der Waals surface area contributed by atoms with Gasteiger partial charge in [-0.1, -0.05) is 319 Å². The lowest BCUT2D eigenvalue weighted by Crippen LogP contribution is -2.30. The number of allylic oxidation sites excluding steroid dienone is 10. The van der Waals surface area contributed by atoms with Crippen molar-refractivity contribution in [2.45, 2.75) is 348 Å². The smallest absolute Gasteiger partial charge is 0.306 e. The van der Waals surface area contributed by atoms with Crippen LogP contribution in [0.5, 0.6) is 0 Å². The second kappa shape index (κ2) is 63.6. The van der Waals surface area contributed by atoms with E-state index >= 15 is 0 Å². The molecule has 0 saturated carbocycles. The molecule has 0 fully saturated rings. The van der Waals surface area contributed by atoms with Crippen molar-refractivity contribution in [2.24, 2.45) is 0 Å². The van der Waals surface area contributed by atoms with Crippen molar-refractivity contribution in [3.63, 3.8) is 0 Å². The van der Waals surface area contributed by atoms with Crippen molar-refractivity contribution in [2.75, 3.05) is 13.2 Å². The summed E-state index contributed by atoms with van der Waals surface area (Å²) >= 11 is 0. The summed E-state index contributed by atoms with van der Waals surface area (Å²) in [7, 11) is 0. The van der Waals surface area contributed by atoms with Crippen LogP contribution in [-0.4, -0.2) is 37.2 Å². The summed E-state index contributed by atoms with van der Waals surface area (Å²) < 4.78 is 16.8. The van der Waals surface area contributed by atoms with E-state index in [1.165, 1.54) is 199 Å². The van der Waals surface area contributed by atoms with Crippen LogP contribution in [0.1, 0.15) is 342 Å². The van der Waals surface area contributed by atoms with Crippen molar-refractivity contribution in [1.82, 2.24) is 0 Å². The molecule has 6 heteroatoms. The van der Waals surface area contributed by atoms with Gasteiger partial charge in [-0.15, -0.1) is 0 Å². The highest BCUT2D eigenvalue weighted by molar-refractivity contribution is 5.71. The largest absolute Gasteiger partial charge is 0.462 e. The van der Waals surface area contributed by atoms with Crippen LogP contribution in [0, 0.1) is 0 Å². The molecule has 0 amide bonds. The molecule has 0 rings (SSSR count). The maximum Gasteiger partial charge on any atom is 0.306 e. The summed E-state index contributed by atoms with van der Waals surface area (Å²) in [5, 5.41) is 0. The molecule has 0 saturated heterocycles. The highest BCUT2D eigenvalue weighted by Crippen LogP contribution is 2.18. The molecule has 0 aliphatic rings. The molecule has 0 N–H and O–H groups in total. The van der Waals surface area contributed by atoms with E-state index in [0.717, 1.165) is 103 Å². The van der Waals surface area contributed by atoms with Crippen molar-refractivity contribution in [3.05, 3.63) is 60.8 Å². The van der Waals surface area contributed by atoms with Crippen molar-refractivity contribution in [3.8, 4) is 0 Å². The Morgan fingerprint density at radius 1 is 0.280 bits per heavy atom. The summed E-state index contributed by atoms with van der Waals surface area (Å²) in [5.74, 6) is -0.877. The molecule has 0 aromatic rings. The number of carbonyl (C=O) groups excluding carboxylic acids is 3. The van der Waals surface area contributed by atoms with E-state index in [4.69, 9.17) is 14.2 Å². The van der Waals surface area contributed by atoms with Gasteiger partial charge in [0.25, 0.3) is 0 Å². The lowest BCUT2D eigenvalue weighted by molar-refractivity contribution is -0.167. The zero-order valence-electron chi connectivity index (χ0n) is 50.1. The van der Waals surface area contributed by atoms with Gasteiger partial charge in [0.1, 0.15) is 13.2 Å². The van der Waals surface area contributed by atoms with Gasteiger partial charge in [-0.05, 0) is 64.2 Å². The molecule has 1 atom stereocenters. The van der Waals surface area contributed by atoms with Crippen LogP contribution in [0.4, 0.5) is 0 Å². The van der Waals surface area contributed by atoms with Gasteiger partial charge < -0.3 is 14.2 Å². The first-order valence-corrected chi connectivity index (χ1v) is 32.8. The maximum absolute atomic E-state index is 12.8. The Morgan fingerprint density at radius 3 is 0.813 bits per heavy atom. The zero-order valence-corrected chi connectivity index (χ0v) is 50.1. The second-order valence-corrected chi connectivity index (χ2v) is 22.0. The maximum atomic E-state index is 12.8. The summed E-state index contributed by atoms with van der Waals surface area (Å²) in [6, 6.07) is 0. The van der Waals surface area contributed by atoms with E-state index in [9.17, 15) is 14.4 Å². The number of rotatable bonds is 60. The van der Waals surface area contributed by atoms with Crippen LogP contribution >= 0.6 is 0 Å². The van der Waals surface area contributed by atoms with Gasteiger partial charge in [0.05, 0.1) is 0 Å². The summed E-state index contributed by atoms with van der Waals surface area (Å²) in [4.78, 5) is 37.9. The van der Waals surface area contributed by atoms with Crippen molar-refractivity contribution < 1.29 is 28.6 Å². The Labute approximate surface area is 466 Å². The zero-order chi connectivity index (χ0) is 54.3. The molecule has 75 heavy (non-hydrogen) atoms. The van der Waals surface area contributed by atoms with Gasteiger partial charge >= 0.3 is 17.9 Å². The van der Waals surface area contributed by atoms with Gasteiger partial charge in [0, 0.05) is 19.3 Å². The molecular formula is C69H124O6. The molecule has 6 nitrogen and oxygen atoms in total. The first kappa shape index (κ1) is 72.1. The lowest BCUT2D eigenvalue weighted by Gasteiger charge is -2.18. The first-order chi connectivity index (χ1) is 37.0. The lowest BCUT2D eigenvalue weighted by atomic mass is 10.0.